The highest BCUT2D eigenvalue weighted by atomic mass is 16.6. The van der Waals surface area contributed by atoms with E-state index in [1.165, 1.54) is 30.3 Å². The van der Waals surface area contributed by atoms with Gasteiger partial charge in [-0.05, 0) is 29.0 Å². The Morgan fingerprint density at radius 3 is 2.45 bits per heavy atom. The van der Waals surface area contributed by atoms with E-state index in [2.05, 4.69) is 0 Å². The molecule has 9 nitrogen and oxygen atoms in total. The number of fused-ring (bicyclic) bond motifs is 1. The summed E-state index contributed by atoms with van der Waals surface area (Å²) in [6, 6.07) is 13.4. The molecule has 29 heavy (non-hydrogen) atoms. The molecule has 0 aliphatic carbocycles. The lowest BCUT2D eigenvalue weighted by atomic mass is 9.98. The van der Waals surface area contributed by atoms with Crippen molar-refractivity contribution < 1.29 is 19.2 Å². The number of nitrogens with two attached hydrogens (primary N) is 2. The number of primary amides is 1. The van der Waals surface area contributed by atoms with Gasteiger partial charge < -0.3 is 16.2 Å². The molecule has 0 radical (unpaired) electrons. The number of nitrogen functional groups attached to an aromatic ring is 1. The third-order valence-corrected chi connectivity index (χ3v) is 4.27. The summed E-state index contributed by atoms with van der Waals surface area (Å²) in [5.74, 6) is -1.62. The van der Waals surface area contributed by atoms with Crippen LogP contribution in [0.25, 0.3) is 10.8 Å². The summed E-state index contributed by atoms with van der Waals surface area (Å²) in [5, 5.41) is 20.0. The summed E-state index contributed by atoms with van der Waals surface area (Å²) in [4.78, 5) is 34.6. The lowest BCUT2D eigenvalue weighted by Gasteiger charge is -2.13. The van der Waals surface area contributed by atoms with Crippen LogP contribution >= 0.6 is 0 Å². The Morgan fingerprint density at radius 2 is 1.79 bits per heavy atom. The zero-order valence-corrected chi connectivity index (χ0v) is 15.0. The first kappa shape index (κ1) is 19.5. The van der Waals surface area contributed by atoms with Gasteiger partial charge >= 0.3 is 5.97 Å². The predicted molar refractivity (Wildman–Crippen MR) is 106 cm³/mol. The first-order valence-electron chi connectivity index (χ1n) is 8.42. The van der Waals surface area contributed by atoms with Crippen molar-refractivity contribution in [2.75, 3.05) is 0 Å². The lowest BCUT2D eigenvalue weighted by molar-refractivity contribution is -0.385. The van der Waals surface area contributed by atoms with Crippen LogP contribution in [0.2, 0.25) is 0 Å². The second-order valence-corrected chi connectivity index (χ2v) is 6.20. The lowest BCUT2D eigenvalue weighted by Crippen LogP contribution is -2.17. The number of esters is 1. The zero-order chi connectivity index (χ0) is 21.1. The van der Waals surface area contributed by atoms with Crippen LogP contribution in [-0.4, -0.2) is 22.6 Å². The van der Waals surface area contributed by atoms with Gasteiger partial charge in [0.1, 0.15) is 17.1 Å². The van der Waals surface area contributed by atoms with Crippen LogP contribution < -0.4 is 16.2 Å². The highest BCUT2D eigenvalue weighted by molar-refractivity contribution is 6.01. The molecule has 0 aliphatic rings. The molecule has 0 atom stereocenters. The highest BCUT2D eigenvalue weighted by Gasteiger charge is 2.23. The number of hydrogen-bond donors (Lipinski definition) is 3. The van der Waals surface area contributed by atoms with Crippen LogP contribution in [0.15, 0.2) is 54.6 Å². The Kier molecular flexibility index (Phi) is 5.22. The van der Waals surface area contributed by atoms with Crippen molar-refractivity contribution in [3.05, 3.63) is 81.4 Å². The van der Waals surface area contributed by atoms with Gasteiger partial charge in [0.2, 0.25) is 5.91 Å². The number of benzene rings is 3. The Hall–Kier alpha value is -4.27. The zero-order valence-electron chi connectivity index (χ0n) is 15.0. The summed E-state index contributed by atoms with van der Waals surface area (Å²) in [6.07, 6.45) is -0.212. The van der Waals surface area contributed by atoms with Gasteiger partial charge in [0, 0.05) is 17.2 Å². The summed E-state index contributed by atoms with van der Waals surface area (Å²) in [6.45, 7) is 0. The number of hydrogen-bond acceptors (Lipinski definition) is 6. The molecular weight excluding hydrogens is 376 g/mol. The Balaban J connectivity index is 2.08. The SMILES string of the molecule is N=C(N)c1ccc2c(CC(N)=O)c(OC(=O)c3ccccc3[N+](=O)[O-])ccc2c1. The maximum absolute atomic E-state index is 12.6. The number of para-hydroxylation sites is 1. The first-order chi connectivity index (χ1) is 13.8. The maximum atomic E-state index is 12.6. The molecule has 0 spiro atoms. The molecule has 3 rings (SSSR count). The quantitative estimate of drug-likeness (QED) is 0.145. The molecule has 0 heterocycles. The second kappa shape index (κ2) is 7.77. The van der Waals surface area contributed by atoms with Gasteiger partial charge in [-0.15, -0.1) is 0 Å². The summed E-state index contributed by atoms with van der Waals surface area (Å²) >= 11 is 0. The van der Waals surface area contributed by atoms with Gasteiger partial charge in [-0.25, -0.2) is 4.79 Å². The van der Waals surface area contributed by atoms with E-state index in [0.29, 0.717) is 21.9 Å². The molecule has 3 aromatic carbocycles. The minimum Gasteiger partial charge on any atom is -0.422 e. The van der Waals surface area contributed by atoms with Gasteiger partial charge in [0.25, 0.3) is 5.69 Å². The van der Waals surface area contributed by atoms with E-state index in [4.69, 9.17) is 21.6 Å². The van der Waals surface area contributed by atoms with Gasteiger partial charge in [0.05, 0.1) is 11.3 Å². The molecule has 1 amide bonds. The van der Waals surface area contributed by atoms with E-state index in [-0.39, 0.29) is 29.3 Å². The molecule has 3 aromatic rings. The fraction of sp³-hybridized carbons (Fsp3) is 0.0500. The molecule has 9 heteroatoms. The van der Waals surface area contributed by atoms with E-state index in [1.807, 2.05) is 0 Å². The number of ether oxygens (including phenoxy) is 1. The van der Waals surface area contributed by atoms with Gasteiger partial charge in [-0.2, -0.15) is 0 Å². The Bertz CT molecular complexity index is 1170. The minimum atomic E-state index is -0.928. The summed E-state index contributed by atoms with van der Waals surface area (Å²) in [5.41, 5.74) is 11.1. The normalized spacial score (nSPS) is 10.5. The Morgan fingerprint density at radius 1 is 1.07 bits per heavy atom. The third kappa shape index (κ3) is 4.03. The average molecular weight is 392 g/mol. The number of carbonyl (C=O) groups is 2. The standard InChI is InChI=1S/C20H16N4O5/c21-18(25)10-15-13-7-5-12(19(22)23)9-11(13)6-8-17(15)29-20(26)14-3-1-2-4-16(14)24(27)28/h1-9H,10H2,(H2,21,25)(H3,22,23). The highest BCUT2D eigenvalue weighted by Crippen LogP contribution is 2.31. The maximum Gasteiger partial charge on any atom is 0.350 e. The van der Waals surface area contributed by atoms with Crippen molar-refractivity contribution in [1.29, 1.82) is 5.41 Å². The van der Waals surface area contributed by atoms with Gasteiger partial charge in [-0.3, -0.25) is 20.3 Å². The van der Waals surface area contributed by atoms with Crippen LogP contribution in [0.4, 0.5) is 5.69 Å². The van der Waals surface area contributed by atoms with Crippen molar-refractivity contribution in [2.24, 2.45) is 11.5 Å². The molecule has 0 bridgehead atoms. The van der Waals surface area contributed by atoms with Crippen molar-refractivity contribution in [2.45, 2.75) is 6.42 Å². The van der Waals surface area contributed by atoms with Crippen LogP contribution in [0.3, 0.4) is 0 Å². The first-order valence-corrected chi connectivity index (χ1v) is 8.42. The monoisotopic (exact) mass is 392 g/mol. The number of amidine groups is 1. The fourth-order valence-corrected chi connectivity index (χ4v) is 2.95. The van der Waals surface area contributed by atoms with E-state index < -0.39 is 16.8 Å². The average Bonchev–Trinajstić information content (AvgIpc) is 2.68. The molecule has 0 fully saturated rings. The molecule has 146 valence electrons. The summed E-state index contributed by atoms with van der Waals surface area (Å²) in [7, 11) is 0. The fourth-order valence-electron chi connectivity index (χ4n) is 2.95. The van der Waals surface area contributed by atoms with Crippen LogP contribution in [0, 0.1) is 15.5 Å². The molecule has 0 aromatic heterocycles. The molecular formula is C20H16N4O5. The second-order valence-electron chi connectivity index (χ2n) is 6.20. The van der Waals surface area contributed by atoms with Crippen molar-refractivity contribution >= 4 is 34.2 Å². The van der Waals surface area contributed by atoms with E-state index in [9.17, 15) is 19.7 Å². The molecule has 0 saturated carbocycles. The van der Waals surface area contributed by atoms with Crippen molar-refractivity contribution in [3.8, 4) is 5.75 Å². The minimum absolute atomic E-state index is 0.0648. The number of nitro benzene ring substituents is 1. The number of amides is 1. The van der Waals surface area contributed by atoms with E-state index in [1.54, 1.807) is 24.3 Å². The van der Waals surface area contributed by atoms with Crippen molar-refractivity contribution in [3.63, 3.8) is 0 Å². The van der Waals surface area contributed by atoms with Crippen LogP contribution in [0.5, 0.6) is 5.75 Å². The number of nitrogens with zero attached hydrogens (tertiary/aromatic N) is 1. The largest absolute Gasteiger partial charge is 0.422 e. The van der Waals surface area contributed by atoms with Gasteiger partial charge in [-0.1, -0.05) is 30.3 Å². The third-order valence-electron chi connectivity index (χ3n) is 4.27. The predicted octanol–water partition coefficient (Wildman–Crippen LogP) is 2.28. The molecule has 0 saturated heterocycles. The van der Waals surface area contributed by atoms with Gasteiger partial charge in [0.15, 0.2) is 0 Å². The molecule has 5 N–H and O–H groups in total. The van der Waals surface area contributed by atoms with Crippen LogP contribution in [-0.2, 0) is 11.2 Å². The number of nitro groups is 1. The van der Waals surface area contributed by atoms with Crippen molar-refractivity contribution in [1.82, 2.24) is 0 Å². The number of carbonyl (C=O) groups excluding carboxylic acids is 2. The number of nitrogens with one attached hydrogen (secondary N) is 1. The topological polar surface area (TPSA) is 162 Å². The smallest absolute Gasteiger partial charge is 0.350 e. The Labute approximate surface area is 164 Å². The van der Waals surface area contributed by atoms with Crippen LogP contribution in [0.1, 0.15) is 21.5 Å². The van der Waals surface area contributed by atoms with E-state index >= 15 is 0 Å². The number of rotatable bonds is 6. The molecule has 0 aliphatic heterocycles. The van der Waals surface area contributed by atoms with E-state index in [0.717, 1.165) is 0 Å². The molecule has 0 unspecified atom stereocenters. The summed E-state index contributed by atoms with van der Waals surface area (Å²) < 4.78 is 5.39.